The zero-order valence-corrected chi connectivity index (χ0v) is 12.0. The lowest BCUT2D eigenvalue weighted by Crippen LogP contribution is -2.34. The third kappa shape index (κ3) is 3.88. The Morgan fingerprint density at radius 1 is 1.38 bits per heavy atom. The molecule has 0 saturated heterocycles. The minimum Gasteiger partial charge on any atom is -0.325 e. The molecule has 16 heavy (non-hydrogen) atoms. The SMILES string of the molecule is CC(C)(N)Cc1cc(Br)ccc1S(C)(=O)=O. The molecule has 1 aromatic carbocycles. The molecule has 0 aliphatic rings. The normalized spacial score (nSPS) is 12.8. The monoisotopic (exact) mass is 305 g/mol. The van der Waals surface area contributed by atoms with E-state index in [0.29, 0.717) is 11.3 Å². The van der Waals surface area contributed by atoms with Gasteiger partial charge in [0, 0.05) is 16.3 Å². The Balaban J connectivity index is 3.30. The molecule has 1 aromatic rings. The van der Waals surface area contributed by atoms with Gasteiger partial charge in [0.2, 0.25) is 0 Å². The highest BCUT2D eigenvalue weighted by atomic mass is 79.9. The first-order valence-electron chi connectivity index (χ1n) is 4.87. The zero-order valence-electron chi connectivity index (χ0n) is 9.62. The largest absolute Gasteiger partial charge is 0.325 e. The molecule has 0 unspecified atom stereocenters. The summed E-state index contributed by atoms with van der Waals surface area (Å²) in [6.07, 6.45) is 1.73. The van der Waals surface area contributed by atoms with Gasteiger partial charge in [0.05, 0.1) is 4.90 Å². The Kier molecular flexibility index (Phi) is 3.82. The predicted octanol–water partition coefficient (Wildman–Crippen LogP) is 2.13. The van der Waals surface area contributed by atoms with Crippen LogP contribution >= 0.6 is 15.9 Å². The van der Waals surface area contributed by atoms with E-state index in [0.717, 1.165) is 10.0 Å². The summed E-state index contributed by atoms with van der Waals surface area (Å²) in [6.45, 7) is 3.75. The smallest absolute Gasteiger partial charge is 0.175 e. The topological polar surface area (TPSA) is 60.2 Å². The summed E-state index contributed by atoms with van der Waals surface area (Å²) in [4.78, 5) is 0.356. The molecule has 0 spiro atoms. The van der Waals surface area contributed by atoms with Crippen molar-refractivity contribution in [3.63, 3.8) is 0 Å². The van der Waals surface area contributed by atoms with Crippen LogP contribution in [0, 0.1) is 0 Å². The van der Waals surface area contributed by atoms with Crippen LogP contribution in [0.5, 0.6) is 0 Å². The van der Waals surface area contributed by atoms with Crippen LogP contribution in [0.3, 0.4) is 0 Å². The first-order valence-corrected chi connectivity index (χ1v) is 7.55. The molecule has 2 N–H and O–H groups in total. The number of benzene rings is 1. The van der Waals surface area contributed by atoms with Gasteiger partial charge in [0.25, 0.3) is 0 Å². The van der Waals surface area contributed by atoms with Gasteiger partial charge < -0.3 is 5.73 Å². The summed E-state index contributed by atoms with van der Waals surface area (Å²) in [5.74, 6) is 0. The molecule has 0 fully saturated rings. The maximum atomic E-state index is 11.6. The van der Waals surface area contributed by atoms with Crippen LogP contribution in [0.15, 0.2) is 27.6 Å². The summed E-state index contributed by atoms with van der Waals surface area (Å²) in [5.41, 5.74) is 6.24. The number of halogens is 1. The molecule has 0 atom stereocenters. The zero-order chi connectivity index (χ0) is 12.6. The Labute approximate surface area is 105 Å². The summed E-state index contributed by atoms with van der Waals surface area (Å²) in [5, 5.41) is 0. The van der Waals surface area contributed by atoms with Crippen molar-refractivity contribution in [3.05, 3.63) is 28.2 Å². The molecule has 5 heteroatoms. The van der Waals surface area contributed by atoms with Crippen LogP contribution < -0.4 is 5.73 Å². The van der Waals surface area contributed by atoms with Gasteiger partial charge in [-0.05, 0) is 44.0 Å². The summed E-state index contributed by atoms with van der Waals surface area (Å²) >= 11 is 3.33. The standard InChI is InChI=1S/C11H16BrNO2S/c1-11(2,13)7-8-6-9(12)4-5-10(8)16(3,14)15/h4-6H,7,13H2,1-3H3. The molecule has 0 aromatic heterocycles. The second kappa shape index (κ2) is 4.47. The van der Waals surface area contributed by atoms with Gasteiger partial charge in [-0.25, -0.2) is 8.42 Å². The minimum atomic E-state index is -3.20. The highest BCUT2D eigenvalue weighted by Gasteiger charge is 2.19. The molecule has 0 saturated carbocycles. The van der Waals surface area contributed by atoms with Crippen molar-refractivity contribution in [1.29, 1.82) is 0 Å². The van der Waals surface area contributed by atoms with Crippen LogP contribution in [-0.4, -0.2) is 20.2 Å². The van der Waals surface area contributed by atoms with E-state index >= 15 is 0 Å². The number of sulfone groups is 1. The molecule has 90 valence electrons. The maximum absolute atomic E-state index is 11.6. The first-order chi connectivity index (χ1) is 7.09. The summed E-state index contributed by atoms with van der Waals surface area (Å²) in [6, 6.07) is 5.15. The molecule has 0 aliphatic heterocycles. The predicted molar refractivity (Wildman–Crippen MR) is 69.2 cm³/mol. The van der Waals surface area contributed by atoms with Gasteiger partial charge in [0.15, 0.2) is 9.84 Å². The van der Waals surface area contributed by atoms with E-state index in [-0.39, 0.29) is 0 Å². The quantitative estimate of drug-likeness (QED) is 0.930. The fourth-order valence-corrected chi connectivity index (χ4v) is 2.87. The lowest BCUT2D eigenvalue weighted by Gasteiger charge is -2.20. The van der Waals surface area contributed by atoms with E-state index in [9.17, 15) is 8.42 Å². The van der Waals surface area contributed by atoms with E-state index in [1.54, 1.807) is 12.1 Å². The molecule has 1 rings (SSSR count). The van der Waals surface area contributed by atoms with Crippen molar-refractivity contribution < 1.29 is 8.42 Å². The fourth-order valence-electron chi connectivity index (χ4n) is 1.54. The van der Waals surface area contributed by atoms with Gasteiger partial charge in [-0.2, -0.15) is 0 Å². The Bertz CT molecular complexity index is 489. The fraction of sp³-hybridized carbons (Fsp3) is 0.455. The lowest BCUT2D eigenvalue weighted by atomic mass is 9.96. The van der Waals surface area contributed by atoms with E-state index < -0.39 is 15.4 Å². The maximum Gasteiger partial charge on any atom is 0.175 e. The molecule has 0 aliphatic carbocycles. The molecular weight excluding hydrogens is 290 g/mol. The minimum absolute atomic E-state index is 0.356. The summed E-state index contributed by atoms with van der Waals surface area (Å²) in [7, 11) is -3.20. The average molecular weight is 306 g/mol. The van der Waals surface area contributed by atoms with Crippen molar-refractivity contribution in [1.82, 2.24) is 0 Å². The number of rotatable bonds is 3. The van der Waals surface area contributed by atoms with Crippen LogP contribution in [0.25, 0.3) is 0 Å². The molecule has 0 heterocycles. The highest BCUT2D eigenvalue weighted by molar-refractivity contribution is 9.10. The Morgan fingerprint density at radius 3 is 2.38 bits per heavy atom. The van der Waals surface area contributed by atoms with E-state index in [1.807, 2.05) is 19.9 Å². The molecule has 3 nitrogen and oxygen atoms in total. The molecule has 0 radical (unpaired) electrons. The third-order valence-electron chi connectivity index (χ3n) is 2.07. The van der Waals surface area contributed by atoms with Crippen LogP contribution in [0.4, 0.5) is 0 Å². The first kappa shape index (κ1) is 13.7. The molecular formula is C11H16BrNO2S. The van der Waals surface area contributed by atoms with Crippen molar-refractivity contribution in [2.45, 2.75) is 30.7 Å². The number of nitrogens with two attached hydrogens (primary N) is 1. The van der Waals surface area contributed by atoms with Gasteiger partial charge in [-0.15, -0.1) is 0 Å². The average Bonchev–Trinajstić information content (AvgIpc) is 1.97. The second-order valence-electron chi connectivity index (χ2n) is 4.69. The van der Waals surface area contributed by atoms with Crippen molar-refractivity contribution in [2.75, 3.05) is 6.26 Å². The third-order valence-corrected chi connectivity index (χ3v) is 3.76. The highest BCUT2D eigenvalue weighted by Crippen LogP contribution is 2.23. The van der Waals surface area contributed by atoms with Gasteiger partial charge in [-0.1, -0.05) is 15.9 Å². The lowest BCUT2D eigenvalue weighted by molar-refractivity contribution is 0.511. The van der Waals surface area contributed by atoms with Crippen LogP contribution in [0.2, 0.25) is 0 Å². The number of hydrogen-bond donors (Lipinski definition) is 1. The van der Waals surface area contributed by atoms with Gasteiger partial charge in [0.1, 0.15) is 0 Å². The van der Waals surface area contributed by atoms with E-state index in [1.165, 1.54) is 6.26 Å². The van der Waals surface area contributed by atoms with Gasteiger partial charge >= 0.3 is 0 Å². The van der Waals surface area contributed by atoms with Gasteiger partial charge in [-0.3, -0.25) is 0 Å². The van der Waals surface area contributed by atoms with Crippen molar-refractivity contribution in [3.8, 4) is 0 Å². The molecule has 0 bridgehead atoms. The summed E-state index contributed by atoms with van der Waals surface area (Å²) < 4.78 is 24.0. The van der Waals surface area contributed by atoms with E-state index in [4.69, 9.17) is 5.73 Å². The number of hydrogen-bond acceptors (Lipinski definition) is 3. The Hall–Kier alpha value is -0.390. The van der Waals surface area contributed by atoms with Crippen LogP contribution in [0.1, 0.15) is 19.4 Å². The molecule has 0 amide bonds. The van der Waals surface area contributed by atoms with E-state index in [2.05, 4.69) is 15.9 Å². The van der Waals surface area contributed by atoms with Crippen molar-refractivity contribution in [2.24, 2.45) is 5.73 Å². The van der Waals surface area contributed by atoms with Crippen molar-refractivity contribution >= 4 is 25.8 Å². The Morgan fingerprint density at radius 2 is 1.94 bits per heavy atom. The van der Waals surface area contributed by atoms with Crippen LogP contribution in [-0.2, 0) is 16.3 Å². The second-order valence-corrected chi connectivity index (χ2v) is 7.59.